The Hall–Kier alpha value is -1.32. The zero-order valence-electron chi connectivity index (χ0n) is 12.5. The topological polar surface area (TPSA) is 27.7 Å². The molecule has 0 aliphatic carbocycles. The van der Waals surface area contributed by atoms with Gasteiger partial charge >= 0.3 is 0 Å². The molecule has 0 atom stereocenters. The molecule has 0 saturated carbocycles. The van der Waals surface area contributed by atoms with Crippen LogP contribution in [-0.2, 0) is 9.47 Å². The van der Waals surface area contributed by atoms with Crippen LogP contribution in [0.4, 0.5) is 0 Å². The maximum atomic E-state index is 5.89. The Bertz CT molecular complexity index is 427. The van der Waals surface area contributed by atoms with Crippen molar-refractivity contribution in [3.8, 4) is 5.75 Å². The minimum Gasteiger partial charge on any atom is -0.494 e. The van der Waals surface area contributed by atoms with Crippen LogP contribution in [0.5, 0.6) is 5.75 Å². The van der Waals surface area contributed by atoms with Gasteiger partial charge in [0.1, 0.15) is 11.4 Å². The van der Waals surface area contributed by atoms with Crippen LogP contribution in [-0.4, -0.2) is 32.0 Å². The zero-order chi connectivity index (χ0) is 14.4. The van der Waals surface area contributed by atoms with Crippen LogP contribution in [0.3, 0.4) is 0 Å². The van der Waals surface area contributed by atoms with E-state index in [0.29, 0.717) is 6.61 Å². The van der Waals surface area contributed by atoms with Crippen molar-refractivity contribution in [1.82, 2.24) is 0 Å². The smallest absolute Gasteiger partial charge is 0.119 e. The Labute approximate surface area is 121 Å². The number of hydrogen-bond donors (Lipinski definition) is 0. The van der Waals surface area contributed by atoms with Gasteiger partial charge in [0.05, 0.1) is 26.4 Å². The first-order valence-electron chi connectivity index (χ1n) is 7.26. The molecule has 1 aromatic rings. The van der Waals surface area contributed by atoms with Gasteiger partial charge in [-0.15, -0.1) is 0 Å². The molecule has 0 aromatic heterocycles. The third-order valence-corrected chi connectivity index (χ3v) is 3.69. The predicted octanol–water partition coefficient (Wildman–Crippen LogP) is 3.68. The largest absolute Gasteiger partial charge is 0.494 e. The van der Waals surface area contributed by atoms with Gasteiger partial charge in [0.25, 0.3) is 0 Å². The van der Waals surface area contributed by atoms with Crippen molar-refractivity contribution in [2.45, 2.75) is 32.3 Å². The van der Waals surface area contributed by atoms with E-state index in [1.165, 1.54) is 0 Å². The van der Waals surface area contributed by atoms with E-state index < -0.39 is 0 Å². The Morgan fingerprint density at radius 1 is 1.25 bits per heavy atom. The summed E-state index contributed by atoms with van der Waals surface area (Å²) in [5, 5.41) is 0. The molecule has 3 heteroatoms. The Morgan fingerprint density at radius 3 is 2.45 bits per heavy atom. The summed E-state index contributed by atoms with van der Waals surface area (Å²) in [7, 11) is 0. The quantitative estimate of drug-likeness (QED) is 0.678. The minimum absolute atomic E-state index is 0.0247. The van der Waals surface area contributed by atoms with Gasteiger partial charge in [0, 0.05) is 6.42 Å². The highest BCUT2D eigenvalue weighted by Crippen LogP contribution is 2.25. The lowest BCUT2D eigenvalue weighted by molar-refractivity contribution is -0.211. The van der Waals surface area contributed by atoms with Crippen LogP contribution in [0.1, 0.15) is 32.3 Å². The van der Waals surface area contributed by atoms with E-state index in [1.54, 1.807) is 0 Å². The minimum atomic E-state index is -0.0247. The van der Waals surface area contributed by atoms with Gasteiger partial charge in [-0.05, 0) is 31.0 Å². The third kappa shape index (κ3) is 3.84. The first kappa shape index (κ1) is 15.1. The first-order valence-corrected chi connectivity index (χ1v) is 7.26. The second-order valence-corrected chi connectivity index (χ2v) is 5.38. The highest BCUT2D eigenvalue weighted by atomic mass is 16.6. The van der Waals surface area contributed by atoms with Crippen LogP contribution in [0, 0.1) is 0 Å². The highest BCUT2D eigenvalue weighted by molar-refractivity contribution is 5.61. The Balaban J connectivity index is 1.64. The van der Waals surface area contributed by atoms with Gasteiger partial charge < -0.3 is 14.2 Å². The molecule has 1 aromatic carbocycles. The van der Waals surface area contributed by atoms with Crippen LogP contribution >= 0.6 is 0 Å². The van der Waals surface area contributed by atoms with E-state index in [4.69, 9.17) is 14.2 Å². The lowest BCUT2D eigenvalue weighted by Gasteiger charge is -2.40. The molecular weight excluding hydrogens is 252 g/mol. The molecule has 1 aliphatic heterocycles. The molecule has 0 bridgehead atoms. The van der Waals surface area contributed by atoms with Crippen molar-refractivity contribution >= 4 is 5.57 Å². The number of benzene rings is 1. The summed E-state index contributed by atoms with van der Waals surface area (Å²) in [6.07, 6.45) is 1.90. The number of allylic oxidation sites excluding steroid dienone is 1. The van der Waals surface area contributed by atoms with Crippen LogP contribution in [0.25, 0.3) is 5.57 Å². The van der Waals surface area contributed by atoms with Gasteiger partial charge in [-0.3, -0.25) is 0 Å². The summed E-state index contributed by atoms with van der Waals surface area (Å²) in [6.45, 7) is 10.9. The van der Waals surface area contributed by atoms with Crippen LogP contribution < -0.4 is 4.74 Å². The fourth-order valence-electron chi connectivity index (χ4n) is 2.09. The molecule has 0 spiro atoms. The molecule has 0 N–H and O–H groups in total. The molecule has 1 saturated heterocycles. The van der Waals surface area contributed by atoms with Crippen molar-refractivity contribution in [2.24, 2.45) is 0 Å². The molecule has 1 fully saturated rings. The molecule has 110 valence electrons. The zero-order valence-corrected chi connectivity index (χ0v) is 12.5. The molecule has 2 rings (SSSR count). The average Bonchev–Trinajstić information content (AvgIpc) is 2.41. The van der Waals surface area contributed by atoms with Crippen molar-refractivity contribution in [2.75, 3.05) is 26.4 Å². The molecule has 0 amide bonds. The normalized spacial score (nSPS) is 16.5. The Morgan fingerprint density at radius 2 is 1.95 bits per heavy atom. The molecule has 0 radical (unpaired) electrons. The van der Waals surface area contributed by atoms with E-state index in [9.17, 15) is 0 Å². The van der Waals surface area contributed by atoms with E-state index in [-0.39, 0.29) is 5.60 Å². The predicted molar refractivity (Wildman–Crippen MR) is 81.1 cm³/mol. The molecule has 0 unspecified atom stereocenters. The molecule has 20 heavy (non-hydrogen) atoms. The first-order chi connectivity index (χ1) is 9.65. The lowest BCUT2D eigenvalue weighted by Crippen LogP contribution is -2.51. The monoisotopic (exact) mass is 276 g/mol. The Kier molecular flexibility index (Phi) is 5.21. The fraction of sp³-hybridized carbons (Fsp3) is 0.529. The summed E-state index contributed by atoms with van der Waals surface area (Å²) in [5.74, 6) is 0.896. The summed E-state index contributed by atoms with van der Waals surface area (Å²) < 4.78 is 16.8. The second kappa shape index (κ2) is 6.91. The maximum absolute atomic E-state index is 5.89. The number of hydrogen-bond acceptors (Lipinski definition) is 3. The highest BCUT2D eigenvalue weighted by Gasteiger charge is 2.37. The summed E-state index contributed by atoms with van der Waals surface area (Å²) >= 11 is 0. The van der Waals surface area contributed by atoms with Crippen molar-refractivity contribution < 1.29 is 14.2 Å². The SMILES string of the molecule is C=C(C)c1ccc(OCCCOC2(CC)COC2)cc1. The molecule has 1 heterocycles. The van der Waals surface area contributed by atoms with Crippen molar-refractivity contribution in [1.29, 1.82) is 0 Å². The van der Waals surface area contributed by atoms with Crippen LogP contribution in [0.2, 0.25) is 0 Å². The summed E-state index contributed by atoms with van der Waals surface area (Å²) in [5.41, 5.74) is 2.19. The van der Waals surface area contributed by atoms with Crippen molar-refractivity contribution in [3.05, 3.63) is 36.4 Å². The molecule has 3 nitrogen and oxygen atoms in total. The maximum Gasteiger partial charge on any atom is 0.119 e. The van der Waals surface area contributed by atoms with Crippen molar-refractivity contribution in [3.63, 3.8) is 0 Å². The second-order valence-electron chi connectivity index (χ2n) is 5.38. The molecular formula is C17H24O3. The number of ether oxygens (including phenoxy) is 3. The van der Waals surface area contributed by atoms with Gasteiger partial charge in [-0.2, -0.15) is 0 Å². The number of rotatable bonds is 8. The third-order valence-electron chi connectivity index (χ3n) is 3.69. The molecule has 1 aliphatic rings. The lowest BCUT2D eigenvalue weighted by atomic mass is 9.99. The summed E-state index contributed by atoms with van der Waals surface area (Å²) in [4.78, 5) is 0. The van der Waals surface area contributed by atoms with E-state index in [1.807, 2.05) is 31.2 Å². The van der Waals surface area contributed by atoms with Gasteiger partial charge in [-0.1, -0.05) is 31.2 Å². The van der Waals surface area contributed by atoms with Gasteiger partial charge in [0.15, 0.2) is 0 Å². The average molecular weight is 276 g/mol. The van der Waals surface area contributed by atoms with E-state index in [0.717, 1.165) is 49.5 Å². The fourth-order valence-corrected chi connectivity index (χ4v) is 2.09. The standard InChI is InChI=1S/C17H24O3/c1-4-17(12-18-13-17)20-11-5-10-19-16-8-6-15(7-9-16)14(2)3/h6-9H,2,4-5,10-13H2,1,3H3. The summed E-state index contributed by atoms with van der Waals surface area (Å²) in [6, 6.07) is 8.04. The van der Waals surface area contributed by atoms with Crippen LogP contribution in [0.15, 0.2) is 30.8 Å². The van der Waals surface area contributed by atoms with E-state index in [2.05, 4.69) is 13.5 Å². The van der Waals surface area contributed by atoms with Gasteiger partial charge in [0.2, 0.25) is 0 Å². The van der Waals surface area contributed by atoms with E-state index >= 15 is 0 Å². The van der Waals surface area contributed by atoms with Gasteiger partial charge in [-0.25, -0.2) is 0 Å².